The first kappa shape index (κ1) is 16.2. The van der Waals surface area contributed by atoms with Gasteiger partial charge in [0.25, 0.3) is 0 Å². The number of hydrogen-bond donors (Lipinski definition) is 0. The second-order valence-corrected chi connectivity index (χ2v) is 5.59. The van der Waals surface area contributed by atoms with Crippen LogP contribution in [0.25, 0.3) is 0 Å². The molecule has 3 atom stereocenters. The number of rotatable bonds is 2. The van der Waals surface area contributed by atoms with Crippen molar-refractivity contribution in [3.05, 3.63) is 34.9 Å². The van der Waals surface area contributed by atoms with E-state index in [0.717, 1.165) is 13.0 Å². The van der Waals surface area contributed by atoms with Crippen LogP contribution in [0.2, 0.25) is 0 Å². The van der Waals surface area contributed by atoms with Gasteiger partial charge in [-0.25, -0.2) is 8.78 Å². The molecule has 0 aliphatic carbocycles. The minimum atomic E-state index is -4.51. The van der Waals surface area contributed by atoms with E-state index in [2.05, 4.69) is 0 Å². The summed E-state index contributed by atoms with van der Waals surface area (Å²) in [6, 6.07) is 2.32. The van der Waals surface area contributed by atoms with Crippen LogP contribution in [0, 0.1) is 17.6 Å². The van der Waals surface area contributed by atoms with E-state index in [1.165, 1.54) is 13.0 Å². The summed E-state index contributed by atoms with van der Waals surface area (Å²) >= 11 is 0. The Morgan fingerprint density at radius 2 is 1.90 bits per heavy atom. The van der Waals surface area contributed by atoms with Gasteiger partial charge in [-0.05, 0) is 30.5 Å². The van der Waals surface area contributed by atoms with E-state index in [4.69, 9.17) is 4.74 Å². The molecule has 0 bridgehead atoms. The quantitative estimate of drug-likeness (QED) is 0.726. The molecule has 0 saturated carbocycles. The standard InChI is InChI=1S/C15H17F5O/c1-4-9-10(5-6-12(16)13(9)17)11-7-21-14(3,8(11)2)15(18,19)20/h5-6,8,11H,4,7H2,1-3H3/t8-,11+,14+/m0/s1. The van der Waals surface area contributed by atoms with Crippen molar-refractivity contribution >= 4 is 0 Å². The lowest BCUT2D eigenvalue weighted by Gasteiger charge is -2.32. The molecule has 2 rings (SSSR count). The molecule has 0 radical (unpaired) electrons. The van der Waals surface area contributed by atoms with Gasteiger partial charge in [0.05, 0.1) is 6.61 Å². The van der Waals surface area contributed by atoms with Crippen LogP contribution in [-0.2, 0) is 11.2 Å². The van der Waals surface area contributed by atoms with Crippen molar-refractivity contribution in [1.82, 2.24) is 0 Å². The second kappa shape index (κ2) is 5.23. The summed E-state index contributed by atoms with van der Waals surface area (Å²) < 4.78 is 71.6. The van der Waals surface area contributed by atoms with Crippen LogP contribution in [0.3, 0.4) is 0 Å². The van der Waals surface area contributed by atoms with Crippen molar-refractivity contribution in [1.29, 1.82) is 0 Å². The number of benzene rings is 1. The maximum atomic E-state index is 13.8. The fraction of sp³-hybridized carbons (Fsp3) is 0.600. The molecule has 21 heavy (non-hydrogen) atoms. The third kappa shape index (κ3) is 2.43. The van der Waals surface area contributed by atoms with Crippen molar-refractivity contribution in [2.75, 3.05) is 6.61 Å². The second-order valence-electron chi connectivity index (χ2n) is 5.59. The fourth-order valence-electron chi connectivity index (χ4n) is 2.94. The van der Waals surface area contributed by atoms with Crippen LogP contribution < -0.4 is 0 Å². The van der Waals surface area contributed by atoms with Crippen molar-refractivity contribution in [3.63, 3.8) is 0 Å². The van der Waals surface area contributed by atoms with Gasteiger partial charge in [0.1, 0.15) is 0 Å². The normalized spacial score (nSPS) is 29.9. The average Bonchev–Trinajstić information content (AvgIpc) is 2.70. The van der Waals surface area contributed by atoms with Gasteiger partial charge in [-0.3, -0.25) is 0 Å². The first-order chi connectivity index (χ1) is 9.63. The predicted molar refractivity (Wildman–Crippen MR) is 68.1 cm³/mol. The van der Waals surface area contributed by atoms with Crippen LogP contribution in [0.4, 0.5) is 22.0 Å². The van der Waals surface area contributed by atoms with Crippen LogP contribution in [0.1, 0.15) is 37.8 Å². The maximum Gasteiger partial charge on any atom is 0.417 e. The lowest BCUT2D eigenvalue weighted by atomic mass is 9.78. The Bertz CT molecular complexity index is 540. The molecule has 6 heteroatoms. The third-order valence-corrected chi connectivity index (χ3v) is 4.58. The zero-order valence-corrected chi connectivity index (χ0v) is 12.0. The molecule has 0 amide bonds. The minimum absolute atomic E-state index is 0.127. The molecule has 0 unspecified atom stereocenters. The van der Waals surface area contributed by atoms with Crippen molar-refractivity contribution in [3.8, 4) is 0 Å². The van der Waals surface area contributed by atoms with E-state index in [9.17, 15) is 22.0 Å². The fourth-order valence-corrected chi connectivity index (χ4v) is 2.94. The zero-order chi connectivity index (χ0) is 16.0. The highest BCUT2D eigenvalue weighted by molar-refractivity contribution is 5.34. The Balaban J connectivity index is 2.44. The monoisotopic (exact) mass is 308 g/mol. The van der Waals surface area contributed by atoms with E-state index >= 15 is 0 Å². The molecule has 1 saturated heterocycles. The molecule has 118 valence electrons. The smallest absolute Gasteiger partial charge is 0.365 e. The lowest BCUT2D eigenvalue weighted by molar-refractivity contribution is -0.266. The molecule has 1 aliphatic rings. The first-order valence-electron chi connectivity index (χ1n) is 6.81. The van der Waals surface area contributed by atoms with E-state index in [-0.39, 0.29) is 18.6 Å². The van der Waals surface area contributed by atoms with Gasteiger partial charge in [-0.1, -0.05) is 19.9 Å². The maximum absolute atomic E-state index is 13.8. The summed E-state index contributed by atoms with van der Waals surface area (Å²) in [6.45, 7) is 3.93. The Hall–Kier alpha value is -1.17. The first-order valence-corrected chi connectivity index (χ1v) is 6.81. The van der Waals surface area contributed by atoms with Crippen molar-refractivity contribution < 1.29 is 26.7 Å². The molecule has 0 aromatic heterocycles. The van der Waals surface area contributed by atoms with Gasteiger partial charge in [0, 0.05) is 11.8 Å². The van der Waals surface area contributed by atoms with E-state index in [1.54, 1.807) is 6.92 Å². The summed E-state index contributed by atoms with van der Waals surface area (Å²) in [4.78, 5) is 0. The Morgan fingerprint density at radius 1 is 1.29 bits per heavy atom. The summed E-state index contributed by atoms with van der Waals surface area (Å²) in [6.07, 6.45) is -4.29. The number of hydrogen-bond acceptors (Lipinski definition) is 1. The summed E-state index contributed by atoms with van der Waals surface area (Å²) in [5.41, 5.74) is -1.74. The molecule has 1 heterocycles. The Labute approximate surface area is 120 Å². The molecular weight excluding hydrogens is 291 g/mol. The van der Waals surface area contributed by atoms with Gasteiger partial charge in [0.15, 0.2) is 17.2 Å². The average molecular weight is 308 g/mol. The van der Waals surface area contributed by atoms with Crippen LogP contribution in [-0.4, -0.2) is 18.4 Å². The lowest BCUT2D eigenvalue weighted by Crippen LogP contribution is -2.46. The predicted octanol–water partition coefficient (Wildman–Crippen LogP) is 4.60. The molecule has 1 fully saturated rings. The van der Waals surface area contributed by atoms with E-state index in [1.807, 2.05) is 0 Å². The summed E-state index contributed by atoms with van der Waals surface area (Å²) in [7, 11) is 0. The van der Waals surface area contributed by atoms with Gasteiger partial charge >= 0.3 is 6.18 Å². The minimum Gasteiger partial charge on any atom is -0.365 e. The van der Waals surface area contributed by atoms with Crippen LogP contribution in [0.5, 0.6) is 0 Å². The summed E-state index contributed by atoms with van der Waals surface area (Å²) in [5, 5.41) is 0. The molecule has 0 N–H and O–H groups in total. The number of alkyl halides is 3. The number of ether oxygens (including phenoxy) is 1. The van der Waals surface area contributed by atoms with E-state index < -0.39 is 35.2 Å². The van der Waals surface area contributed by atoms with E-state index in [0.29, 0.717) is 5.56 Å². The molecule has 1 aliphatic heterocycles. The van der Waals surface area contributed by atoms with Crippen LogP contribution >= 0.6 is 0 Å². The highest BCUT2D eigenvalue weighted by Crippen LogP contribution is 2.50. The van der Waals surface area contributed by atoms with Crippen LogP contribution in [0.15, 0.2) is 12.1 Å². The Kier molecular flexibility index (Phi) is 4.04. The largest absolute Gasteiger partial charge is 0.417 e. The molecule has 0 spiro atoms. The van der Waals surface area contributed by atoms with Gasteiger partial charge < -0.3 is 4.74 Å². The Morgan fingerprint density at radius 3 is 2.38 bits per heavy atom. The topological polar surface area (TPSA) is 9.23 Å². The highest BCUT2D eigenvalue weighted by Gasteiger charge is 2.61. The molecule has 1 aromatic carbocycles. The zero-order valence-electron chi connectivity index (χ0n) is 12.0. The highest BCUT2D eigenvalue weighted by atomic mass is 19.4. The third-order valence-electron chi connectivity index (χ3n) is 4.58. The summed E-state index contributed by atoms with van der Waals surface area (Å²) in [5.74, 6) is -3.46. The van der Waals surface area contributed by atoms with Crippen molar-refractivity contribution in [2.45, 2.75) is 44.9 Å². The molecular formula is C15H17F5O. The SMILES string of the molecule is CCc1c([C@@H]2CO[C@@](C)(C(F)(F)F)[C@H]2C)ccc(F)c1F. The molecule has 1 aromatic rings. The van der Waals surface area contributed by atoms with Gasteiger partial charge in [-0.2, -0.15) is 13.2 Å². The molecule has 1 nitrogen and oxygen atoms in total. The van der Waals surface area contributed by atoms with Crippen molar-refractivity contribution in [2.24, 2.45) is 5.92 Å². The van der Waals surface area contributed by atoms with Gasteiger partial charge in [-0.15, -0.1) is 0 Å². The number of halogens is 5. The van der Waals surface area contributed by atoms with Gasteiger partial charge in [0.2, 0.25) is 0 Å².